The van der Waals surface area contributed by atoms with Gasteiger partial charge in [-0.15, -0.1) is 0 Å². The van der Waals surface area contributed by atoms with Gasteiger partial charge in [-0.3, -0.25) is 4.79 Å². The first-order valence-corrected chi connectivity index (χ1v) is 6.12. The van der Waals surface area contributed by atoms with E-state index in [-0.39, 0.29) is 27.6 Å². The van der Waals surface area contributed by atoms with Crippen LogP contribution in [0.15, 0.2) is 36.4 Å². The Bertz CT molecular complexity index is 729. The van der Waals surface area contributed by atoms with Gasteiger partial charge in [0.1, 0.15) is 0 Å². The lowest BCUT2D eigenvalue weighted by atomic mass is 10.1. The highest BCUT2D eigenvalue weighted by atomic mass is 35.5. The van der Waals surface area contributed by atoms with Gasteiger partial charge in [-0.25, -0.2) is 4.79 Å². The second-order valence-corrected chi connectivity index (χ2v) is 4.56. The largest absolute Gasteiger partial charge is 0.504 e. The molecule has 0 radical (unpaired) electrons. The van der Waals surface area contributed by atoms with Crippen LogP contribution in [-0.4, -0.2) is 27.2 Å². The van der Waals surface area contributed by atoms with E-state index in [0.717, 1.165) is 6.07 Å². The predicted molar refractivity (Wildman–Crippen MR) is 76.1 cm³/mol. The highest BCUT2D eigenvalue weighted by molar-refractivity contribution is 6.33. The van der Waals surface area contributed by atoms with Gasteiger partial charge in [-0.1, -0.05) is 11.6 Å². The Morgan fingerprint density at radius 1 is 1.00 bits per heavy atom. The molecule has 4 N–H and O–H groups in total. The number of anilines is 1. The number of hydrogen-bond donors (Lipinski definition) is 4. The van der Waals surface area contributed by atoms with E-state index in [2.05, 4.69) is 5.32 Å². The molecule has 0 heterocycles. The Balaban J connectivity index is 2.25. The third-order valence-electron chi connectivity index (χ3n) is 2.69. The van der Waals surface area contributed by atoms with E-state index >= 15 is 0 Å². The fourth-order valence-corrected chi connectivity index (χ4v) is 1.83. The number of carboxylic acids is 1. The van der Waals surface area contributed by atoms with Gasteiger partial charge in [0, 0.05) is 11.3 Å². The van der Waals surface area contributed by atoms with Gasteiger partial charge >= 0.3 is 5.97 Å². The third-order valence-corrected chi connectivity index (χ3v) is 3.02. The van der Waals surface area contributed by atoms with Crippen LogP contribution in [0, 0.1) is 0 Å². The maximum absolute atomic E-state index is 12.0. The minimum atomic E-state index is -1.21. The Kier molecular flexibility index (Phi) is 4.00. The Morgan fingerprint density at radius 2 is 1.71 bits per heavy atom. The maximum Gasteiger partial charge on any atom is 0.337 e. The summed E-state index contributed by atoms with van der Waals surface area (Å²) in [6.45, 7) is 0. The van der Waals surface area contributed by atoms with Crippen LogP contribution in [0.4, 0.5) is 5.69 Å². The molecular weight excluding hydrogens is 298 g/mol. The zero-order chi connectivity index (χ0) is 15.6. The second kappa shape index (κ2) is 5.72. The molecule has 0 spiro atoms. The summed E-state index contributed by atoms with van der Waals surface area (Å²) < 4.78 is 0. The van der Waals surface area contributed by atoms with E-state index in [1.165, 1.54) is 30.3 Å². The number of carbonyl (C=O) groups excluding carboxylic acids is 1. The Labute approximate surface area is 124 Å². The highest BCUT2D eigenvalue weighted by Crippen LogP contribution is 2.26. The molecule has 0 aromatic heterocycles. The molecule has 0 unspecified atom stereocenters. The number of aromatic carboxylic acids is 1. The van der Waals surface area contributed by atoms with Crippen LogP contribution in [0.25, 0.3) is 0 Å². The van der Waals surface area contributed by atoms with E-state index < -0.39 is 17.6 Å². The van der Waals surface area contributed by atoms with Crippen LogP contribution in [0.2, 0.25) is 5.02 Å². The minimum Gasteiger partial charge on any atom is -0.504 e. The van der Waals surface area contributed by atoms with Crippen molar-refractivity contribution in [1.29, 1.82) is 0 Å². The normalized spacial score (nSPS) is 10.1. The van der Waals surface area contributed by atoms with E-state index in [9.17, 15) is 19.8 Å². The average molecular weight is 308 g/mol. The predicted octanol–water partition coefficient (Wildman–Crippen LogP) is 2.70. The molecule has 6 nitrogen and oxygen atoms in total. The van der Waals surface area contributed by atoms with Crippen molar-refractivity contribution in [3.63, 3.8) is 0 Å². The molecule has 21 heavy (non-hydrogen) atoms. The highest BCUT2D eigenvalue weighted by Gasteiger charge is 2.13. The molecule has 0 aliphatic heterocycles. The van der Waals surface area contributed by atoms with Gasteiger partial charge in [0.2, 0.25) is 0 Å². The molecule has 0 aliphatic carbocycles. The van der Waals surface area contributed by atoms with E-state index in [4.69, 9.17) is 16.7 Å². The van der Waals surface area contributed by atoms with Gasteiger partial charge < -0.3 is 20.6 Å². The lowest BCUT2D eigenvalue weighted by Gasteiger charge is -2.08. The van der Waals surface area contributed by atoms with Gasteiger partial charge in [0.15, 0.2) is 11.5 Å². The van der Waals surface area contributed by atoms with Crippen molar-refractivity contribution in [2.24, 2.45) is 0 Å². The molecular formula is C14H10ClNO5. The number of benzene rings is 2. The Hall–Kier alpha value is -2.73. The molecule has 0 saturated heterocycles. The van der Waals surface area contributed by atoms with Gasteiger partial charge in [-0.05, 0) is 36.4 Å². The number of nitrogens with one attached hydrogen (secondary N) is 1. The molecule has 0 aliphatic rings. The van der Waals surface area contributed by atoms with Gasteiger partial charge in [0.05, 0.1) is 10.6 Å². The number of phenolic OH excluding ortho intramolecular Hbond substituents is 2. The molecule has 2 aromatic carbocycles. The molecule has 1 amide bonds. The third kappa shape index (κ3) is 3.24. The molecule has 108 valence electrons. The van der Waals surface area contributed by atoms with Gasteiger partial charge in [0.25, 0.3) is 5.91 Å². The Morgan fingerprint density at radius 3 is 2.33 bits per heavy atom. The number of carboxylic acid groups (broad SMARTS) is 1. The number of rotatable bonds is 3. The topological polar surface area (TPSA) is 107 Å². The number of carbonyl (C=O) groups is 2. The number of amides is 1. The lowest BCUT2D eigenvalue weighted by molar-refractivity contribution is 0.0696. The van der Waals surface area contributed by atoms with Crippen molar-refractivity contribution in [3.8, 4) is 11.5 Å². The van der Waals surface area contributed by atoms with E-state index in [0.29, 0.717) is 0 Å². The zero-order valence-corrected chi connectivity index (χ0v) is 11.3. The second-order valence-electron chi connectivity index (χ2n) is 4.16. The van der Waals surface area contributed by atoms with Crippen molar-refractivity contribution in [2.45, 2.75) is 0 Å². The number of phenols is 2. The standard InChI is InChI=1S/C14H10ClNO5/c15-10-3-2-8(6-9(10)14(20)21)16-13(19)7-1-4-11(17)12(18)5-7/h1-6,17-18H,(H,16,19)(H,20,21). The fraction of sp³-hybridized carbons (Fsp3) is 0. The summed E-state index contributed by atoms with van der Waals surface area (Å²) in [5.74, 6) is -2.54. The van der Waals surface area contributed by atoms with Crippen molar-refractivity contribution >= 4 is 29.2 Å². The van der Waals surface area contributed by atoms with E-state index in [1.807, 2.05) is 0 Å². The van der Waals surface area contributed by atoms with Crippen LogP contribution in [0.3, 0.4) is 0 Å². The zero-order valence-electron chi connectivity index (χ0n) is 10.5. The summed E-state index contributed by atoms with van der Waals surface area (Å²) in [6.07, 6.45) is 0. The summed E-state index contributed by atoms with van der Waals surface area (Å²) in [4.78, 5) is 22.9. The monoisotopic (exact) mass is 307 g/mol. The summed E-state index contributed by atoms with van der Waals surface area (Å²) in [6, 6.07) is 7.62. The molecule has 0 saturated carbocycles. The molecule has 0 bridgehead atoms. The first-order valence-electron chi connectivity index (χ1n) is 5.74. The van der Waals surface area contributed by atoms with Crippen molar-refractivity contribution in [3.05, 3.63) is 52.5 Å². The van der Waals surface area contributed by atoms with E-state index in [1.54, 1.807) is 0 Å². The first-order chi connectivity index (χ1) is 9.88. The first kappa shape index (κ1) is 14.7. The van der Waals surface area contributed by atoms with Crippen molar-refractivity contribution in [2.75, 3.05) is 5.32 Å². The van der Waals surface area contributed by atoms with Crippen LogP contribution >= 0.6 is 11.6 Å². The summed E-state index contributed by atoms with van der Waals surface area (Å²) in [5.41, 5.74) is 0.217. The summed E-state index contributed by atoms with van der Waals surface area (Å²) in [7, 11) is 0. The number of hydrogen-bond acceptors (Lipinski definition) is 4. The average Bonchev–Trinajstić information content (AvgIpc) is 2.43. The van der Waals surface area contributed by atoms with Crippen molar-refractivity contribution < 1.29 is 24.9 Å². The maximum atomic E-state index is 12.0. The fourth-order valence-electron chi connectivity index (χ4n) is 1.63. The van der Waals surface area contributed by atoms with Crippen LogP contribution in [0.1, 0.15) is 20.7 Å². The lowest BCUT2D eigenvalue weighted by Crippen LogP contribution is -2.12. The SMILES string of the molecule is O=C(Nc1ccc(Cl)c(C(=O)O)c1)c1ccc(O)c(O)c1. The number of halogens is 1. The molecule has 0 fully saturated rings. The molecule has 7 heteroatoms. The quantitative estimate of drug-likeness (QED) is 0.652. The molecule has 2 aromatic rings. The molecule has 2 rings (SSSR count). The van der Waals surface area contributed by atoms with Crippen molar-refractivity contribution in [1.82, 2.24) is 0 Å². The minimum absolute atomic E-state index is 0.0581. The summed E-state index contributed by atoms with van der Waals surface area (Å²) >= 11 is 5.73. The van der Waals surface area contributed by atoms with Crippen LogP contribution in [-0.2, 0) is 0 Å². The number of aromatic hydroxyl groups is 2. The van der Waals surface area contributed by atoms with Gasteiger partial charge in [-0.2, -0.15) is 0 Å². The smallest absolute Gasteiger partial charge is 0.337 e. The molecule has 0 atom stereocenters. The van der Waals surface area contributed by atoms with Crippen LogP contribution < -0.4 is 5.32 Å². The summed E-state index contributed by atoms with van der Waals surface area (Å²) in [5, 5.41) is 30.0. The van der Waals surface area contributed by atoms with Crippen LogP contribution in [0.5, 0.6) is 11.5 Å².